The van der Waals surface area contributed by atoms with Crippen molar-refractivity contribution in [3.63, 3.8) is 0 Å². The van der Waals surface area contributed by atoms with E-state index < -0.39 is 5.97 Å². The van der Waals surface area contributed by atoms with Crippen molar-refractivity contribution in [2.75, 3.05) is 0 Å². The van der Waals surface area contributed by atoms with Gasteiger partial charge in [0.15, 0.2) is 0 Å². The third-order valence-electron chi connectivity index (χ3n) is 3.76. The van der Waals surface area contributed by atoms with Crippen molar-refractivity contribution < 1.29 is 14.7 Å². The van der Waals surface area contributed by atoms with Gasteiger partial charge in [0.25, 0.3) is 5.91 Å². The van der Waals surface area contributed by atoms with Crippen molar-refractivity contribution in [1.82, 2.24) is 10.3 Å². The van der Waals surface area contributed by atoms with Crippen LogP contribution in [-0.4, -0.2) is 28.0 Å². The Hall–Kier alpha value is -1.43. The van der Waals surface area contributed by atoms with Crippen molar-refractivity contribution in [2.24, 2.45) is 5.92 Å². The summed E-state index contributed by atoms with van der Waals surface area (Å²) in [6, 6.07) is -0.0433. The molecule has 0 bridgehead atoms. The molecule has 5 nitrogen and oxygen atoms in total. The Kier molecular flexibility index (Phi) is 4.37. The van der Waals surface area contributed by atoms with Crippen LogP contribution < -0.4 is 5.32 Å². The molecule has 2 rings (SSSR count). The van der Waals surface area contributed by atoms with E-state index in [1.165, 1.54) is 11.3 Å². The van der Waals surface area contributed by atoms with Crippen LogP contribution in [0.2, 0.25) is 0 Å². The minimum absolute atomic E-state index is 0.0433. The van der Waals surface area contributed by atoms with E-state index in [-0.39, 0.29) is 23.3 Å². The molecule has 0 aliphatic heterocycles. The van der Waals surface area contributed by atoms with Crippen LogP contribution in [-0.2, 0) is 10.2 Å². The molecule has 1 fully saturated rings. The fourth-order valence-electron chi connectivity index (χ4n) is 2.52. The van der Waals surface area contributed by atoms with E-state index in [1.54, 1.807) is 0 Å². The molecule has 0 unspecified atom stereocenters. The third kappa shape index (κ3) is 3.61. The first-order valence-electron chi connectivity index (χ1n) is 7.20. The van der Waals surface area contributed by atoms with Crippen LogP contribution in [0.15, 0.2) is 0 Å². The van der Waals surface area contributed by atoms with Gasteiger partial charge >= 0.3 is 5.97 Å². The molecule has 0 saturated heterocycles. The van der Waals surface area contributed by atoms with Crippen LogP contribution in [0.4, 0.5) is 0 Å². The third-order valence-corrected chi connectivity index (χ3v) is 5.34. The number of carbonyl (C=O) groups excluding carboxylic acids is 1. The van der Waals surface area contributed by atoms with Gasteiger partial charge in [-0.05, 0) is 26.2 Å². The van der Waals surface area contributed by atoms with E-state index in [4.69, 9.17) is 5.11 Å². The topological polar surface area (TPSA) is 79.3 Å². The molecule has 1 saturated carbocycles. The monoisotopic (exact) mass is 310 g/mol. The minimum atomic E-state index is -0.768. The highest BCUT2D eigenvalue weighted by Crippen LogP contribution is 2.30. The molecule has 1 aliphatic carbocycles. The maximum absolute atomic E-state index is 12.4. The summed E-state index contributed by atoms with van der Waals surface area (Å²) in [5, 5.41) is 12.9. The molecule has 0 spiro atoms. The number of nitrogens with zero attached hydrogens (tertiary/aromatic N) is 1. The van der Waals surface area contributed by atoms with E-state index in [0.717, 1.165) is 17.1 Å². The summed E-state index contributed by atoms with van der Waals surface area (Å²) >= 11 is 1.43. The number of amides is 1. The normalized spacial score (nSPS) is 22.3. The van der Waals surface area contributed by atoms with Gasteiger partial charge < -0.3 is 10.4 Å². The Labute approximate surface area is 128 Å². The Balaban J connectivity index is 2.05. The second-order valence-electron chi connectivity index (χ2n) is 6.70. The number of rotatable bonds is 3. The molecule has 2 atom stereocenters. The molecule has 2 N–H and O–H groups in total. The lowest BCUT2D eigenvalue weighted by Gasteiger charge is -2.13. The van der Waals surface area contributed by atoms with Crippen LogP contribution in [0.1, 0.15) is 60.4 Å². The number of aryl methyl sites for hydroxylation is 1. The summed E-state index contributed by atoms with van der Waals surface area (Å²) in [7, 11) is 0. The average molecular weight is 310 g/mol. The Morgan fingerprint density at radius 3 is 2.48 bits per heavy atom. The Bertz CT molecular complexity index is 560. The molecule has 1 aliphatic rings. The number of nitrogens with one attached hydrogen (secondary N) is 1. The summed E-state index contributed by atoms with van der Waals surface area (Å²) in [5.41, 5.74) is 0.672. The Morgan fingerprint density at radius 2 is 2.00 bits per heavy atom. The molecular weight excluding hydrogens is 288 g/mol. The minimum Gasteiger partial charge on any atom is -0.481 e. The number of carbonyl (C=O) groups is 2. The van der Waals surface area contributed by atoms with Crippen molar-refractivity contribution in [3.05, 3.63) is 15.6 Å². The Morgan fingerprint density at radius 1 is 1.33 bits per heavy atom. The molecule has 1 amide bonds. The van der Waals surface area contributed by atoms with Gasteiger partial charge in [0.05, 0.1) is 16.6 Å². The second-order valence-corrected chi connectivity index (χ2v) is 7.70. The predicted molar refractivity (Wildman–Crippen MR) is 81.8 cm³/mol. The number of hydrogen-bond acceptors (Lipinski definition) is 4. The van der Waals surface area contributed by atoms with Gasteiger partial charge in [-0.25, -0.2) is 4.98 Å². The molecule has 116 valence electrons. The second kappa shape index (κ2) is 5.75. The fourth-order valence-corrected chi connectivity index (χ4v) is 3.54. The zero-order valence-electron chi connectivity index (χ0n) is 12.9. The van der Waals surface area contributed by atoms with Crippen molar-refractivity contribution >= 4 is 23.2 Å². The van der Waals surface area contributed by atoms with E-state index in [2.05, 4.69) is 31.1 Å². The lowest BCUT2D eigenvalue weighted by Crippen LogP contribution is -2.33. The highest BCUT2D eigenvalue weighted by Gasteiger charge is 2.31. The fraction of sp³-hybridized carbons (Fsp3) is 0.667. The summed E-state index contributed by atoms with van der Waals surface area (Å²) in [6.07, 6.45) is 1.88. The van der Waals surface area contributed by atoms with Crippen LogP contribution >= 0.6 is 11.3 Å². The summed E-state index contributed by atoms with van der Waals surface area (Å²) in [6.45, 7) is 8.06. The van der Waals surface area contributed by atoms with Gasteiger partial charge in [-0.2, -0.15) is 0 Å². The SMILES string of the molecule is Cc1nc(C(C)(C)C)sc1C(=O)N[C@@H]1CC[C@H](C(=O)O)C1. The first-order chi connectivity index (χ1) is 9.68. The highest BCUT2D eigenvalue weighted by atomic mass is 32.1. The van der Waals surface area contributed by atoms with Crippen molar-refractivity contribution in [3.8, 4) is 0 Å². The van der Waals surface area contributed by atoms with Gasteiger partial charge in [0, 0.05) is 11.5 Å². The number of thiazole rings is 1. The van der Waals surface area contributed by atoms with Crippen LogP contribution in [0.3, 0.4) is 0 Å². The molecule has 1 aromatic rings. The number of hydrogen-bond donors (Lipinski definition) is 2. The van der Waals surface area contributed by atoms with Crippen LogP contribution in [0.25, 0.3) is 0 Å². The van der Waals surface area contributed by atoms with Crippen molar-refractivity contribution in [1.29, 1.82) is 0 Å². The molecule has 6 heteroatoms. The predicted octanol–water partition coefficient (Wildman–Crippen LogP) is 2.73. The molecule has 0 radical (unpaired) electrons. The first-order valence-corrected chi connectivity index (χ1v) is 8.01. The number of carboxylic acid groups (broad SMARTS) is 1. The first kappa shape index (κ1) is 15.9. The van der Waals surface area contributed by atoms with Gasteiger partial charge in [-0.15, -0.1) is 11.3 Å². The quantitative estimate of drug-likeness (QED) is 0.899. The maximum atomic E-state index is 12.4. The zero-order valence-corrected chi connectivity index (χ0v) is 13.7. The zero-order chi connectivity index (χ0) is 15.8. The van der Waals surface area contributed by atoms with E-state index in [1.807, 2.05) is 6.92 Å². The van der Waals surface area contributed by atoms with E-state index in [0.29, 0.717) is 17.7 Å². The molecule has 1 aromatic heterocycles. The maximum Gasteiger partial charge on any atom is 0.306 e. The smallest absolute Gasteiger partial charge is 0.306 e. The lowest BCUT2D eigenvalue weighted by molar-refractivity contribution is -0.141. The number of aromatic nitrogens is 1. The summed E-state index contributed by atoms with van der Waals surface area (Å²) < 4.78 is 0. The average Bonchev–Trinajstić information content (AvgIpc) is 2.94. The molecule has 21 heavy (non-hydrogen) atoms. The van der Waals surface area contributed by atoms with Crippen LogP contribution in [0.5, 0.6) is 0 Å². The summed E-state index contributed by atoms with van der Waals surface area (Å²) in [4.78, 5) is 28.4. The molecule has 1 heterocycles. The van der Waals surface area contributed by atoms with E-state index in [9.17, 15) is 9.59 Å². The largest absolute Gasteiger partial charge is 0.481 e. The van der Waals surface area contributed by atoms with E-state index >= 15 is 0 Å². The summed E-state index contributed by atoms with van der Waals surface area (Å²) in [5.74, 6) is -1.23. The number of carboxylic acids is 1. The van der Waals surface area contributed by atoms with Gasteiger partial charge in [-0.3, -0.25) is 9.59 Å². The molecular formula is C15H22N2O3S. The van der Waals surface area contributed by atoms with Gasteiger partial charge in [0.2, 0.25) is 0 Å². The van der Waals surface area contributed by atoms with Crippen molar-refractivity contribution in [2.45, 2.75) is 58.4 Å². The van der Waals surface area contributed by atoms with Gasteiger partial charge in [0.1, 0.15) is 4.88 Å². The standard InChI is InChI=1S/C15H22N2O3S/c1-8-11(21-14(16-8)15(2,3)4)12(18)17-10-6-5-9(7-10)13(19)20/h9-10H,5-7H2,1-4H3,(H,17,18)(H,19,20)/t9-,10+/m0/s1. The molecule has 0 aromatic carbocycles. The van der Waals surface area contributed by atoms with Crippen LogP contribution in [0, 0.1) is 12.8 Å². The number of aliphatic carboxylic acids is 1. The lowest BCUT2D eigenvalue weighted by atomic mass is 9.98. The van der Waals surface area contributed by atoms with Gasteiger partial charge in [-0.1, -0.05) is 20.8 Å². The highest BCUT2D eigenvalue weighted by molar-refractivity contribution is 7.14.